The van der Waals surface area contributed by atoms with Crippen LogP contribution in [-0.4, -0.2) is 371 Å². The molecule has 21 heterocycles. The smallest absolute Gasteiger partial charge is 0.187 e. The predicted octanol–water partition coefficient (Wildman–Crippen LogP) is -13.4. The summed E-state index contributed by atoms with van der Waals surface area (Å²) in [6.45, 7) is -4.85. The molecule has 0 aliphatic carbocycles. The van der Waals surface area contributed by atoms with Crippen LogP contribution in [-0.2, 0) is 76.2 Å². The van der Waals surface area contributed by atoms with Crippen LogP contribution in [0.3, 0.4) is 0 Å². The van der Waals surface area contributed by atoms with Crippen molar-refractivity contribution in [3.05, 3.63) is 29.8 Å². The Morgan fingerprint density at radius 3 is 0.640 bits per heavy atom. The Hall–Kier alpha value is -2.19. The van der Waals surface area contributed by atoms with E-state index in [-0.39, 0.29) is 4.90 Å². The van der Waals surface area contributed by atoms with Gasteiger partial charge in [0.25, 0.3) is 0 Å². The van der Waals surface area contributed by atoms with Crippen molar-refractivity contribution < 1.29 is 177 Å². The third kappa shape index (κ3) is 13.5. The number of ether oxygens (including phenoxy) is 14. The monoisotopic (exact) mass is 1270 g/mol. The largest absolute Gasteiger partial charge is 0.394 e. The van der Waals surface area contributed by atoms with E-state index >= 15 is 0 Å². The molecule has 14 bridgehead atoms. The van der Waals surface area contributed by atoms with Crippen molar-refractivity contribution in [2.24, 2.45) is 0 Å². The van der Waals surface area contributed by atoms with Gasteiger partial charge in [-0.1, -0.05) is 17.7 Å². The lowest BCUT2D eigenvalue weighted by Crippen LogP contribution is -2.68. The first kappa shape index (κ1) is 68.2. The lowest BCUT2D eigenvalue weighted by atomic mass is 9.95. The molecule has 1 aromatic carbocycles. The average Bonchev–Trinajstić information content (AvgIpc) is 1.72. The van der Waals surface area contributed by atoms with E-state index < -0.39 is 270 Å². The maximum Gasteiger partial charge on any atom is 0.187 e. The highest BCUT2D eigenvalue weighted by Gasteiger charge is 2.60. The summed E-state index contributed by atoms with van der Waals surface area (Å²) in [5.74, 6) is -1.13. The van der Waals surface area contributed by atoms with E-state index in [2.05, 4.69) is 0 Å². The molecule has 0 unspecified atom stereocenters. The summed E-state index contributed by atoms with van der Waals surface area (Å²) in [6, 6.07) is 5.39. The Bertz CT molecular complexity index is 2410. The Labute approximate surface area is 487 Å². The molecule has 35 atom stereocenters. The Morgan fingerprint density at radius 2 is 0.453 bits per heavy atom. The SMILES string of the molecule is Cc1ccc(S(=O)(=O)C[C@H]2O[C@@H]3O[C@H]4[C@H](O)[C@@H](O)[C@@H](O[C@H]5[C@H](O)[C@@H](O)[C@@H](O[C@H]6[C@H](O)[C@@H](O)[C@@H](O[C@H]7[C@@H](O)[C@H](O)[C@@H](O[C@H]8[C@@H](O)[C@H](O)[C@@H](O[C@H]9[C@@H](O)[C@@H](O)[C@@H](O[C@H]2[C@H](O)[C@H]3O)O[C@@H]9CO)O[C@@H]8CO)O[C@@H]7CO)O[C@@H]6CO)O[C@@H]5CO)O[C@@H]4CO)cc1. The first-order valence-electron chi connectivity index (χ1n) is 27.5. The fourth-order valence-corrected chi connectivity index (χ4v) is 12.9. The quantitative estimate of drug-likeness (QED) is 0.109. The van der Waals surface area contributed by atoms with Crippen LogP contribution < -0.4 is 0 Å². The molecule has 86 heavy (non-hydrogen) atoms. The molecule has 36 nitrogen and oxygen atoms in total. The lowest BCUT2D eigenvalue weighted by Gasteiger charge is -2.50. The van der Waals surface area contributed by atoms with E-state index in [9.17, 15) is 111 Å². The van der Waals surface area contributed by atoms with Crippen molar-refractivity contribution in [3.8, 4) is 0 Å². The highest BCUT2D eigenvalue weighted by atomic mass is 32.2. The lowest BCUT2D eigenvalue weighted by molar-refractivity contribution is -0.396. The van der Waals surface area contributed by atoms with Gasteiger partial charge < -0.3 is 168 Å². The summed E-state index contributed by atoms with van der Waals surface area (Å²) in [5.41, 5.74) is 0.652. The first-order chi connectivity index (χ1) is 40.8. The normalized spacial score (nSPS) is 51.0. The Morgan fingerprint density at radius 1 is 0.279 bits per heavy atom. The molecule has 21 saturated heterocycles. The predicted molar refractivity (Wildman–Crippen MR) is 265 cm³/mol. The molecule has 0 radical (unpaired) electrons. The summed E-state index contributed by atoms with van der Waals surface area (Å²) in [5, 5.41) is 223. The van der Waals surface area contributed by atoms with Crippen molar-refractivity contribution in [1.29, 1.82) is 0 Å². The van der Waals surface area contributed by atoms with Crippen molar-refractivity contribution >= 4 is 9.84 Å². The zero-order valence-electron chi connectivity index (χ0n) is 45.4. The van der Waals surface area contributed by atoms with Crippen LogP contribution in [0, 0.1) is 6.92 Å². The molecule has 21 aliphatic heterocycles. The van der Waals surface area contributed by atoms with Crippen LogP contribution in [0.1, 0.15) is 5.56 Å². The summed E-state index contributed by atoms with van der Waals surface area (Å²) in [7, 11) is -4.52. The molecule has 20 N–H and O–H groups in total. The molecule has 37 heteroatoms. The molecule has 22 rings (SSSR count). The van der Waals surface area contributed by atoms with Gasteiger partial charge in [-0.3, -0.25) is 0 Å². The highest BCUT2D eigenvalue weighted by Crippen LogP contribution is 2.39. The van der Waals surface area contributed by atoms with Crippen LogP contribution in [0.15, 0.2) is 29.2 Å². The molecule has 21 aliphatic rings. The van der Waals surface area contributed by atoms with Gasteiger partial charge in [-0.05, 0) is 19.1 Å². The molecular weight excluding hydrogens is 1200 g/mol. The number of aliphatic hydroxyl groups excluding tert-OH is 20. The Balaban J connectivity index is 1.03. The number of hydrogen-bond acceptors (Lipinski definition) is 36. The van der Waals surface area contributed by atoms with Crippen LogP contribution >= 0.6 is 0 Å². The van der Waals surface area contributed by atoms with E-state index in [0.29, 0.717) is 5.56 Å². The van der Waals surface area contributed by atoms with Gasteiger partial charge >= 0.3 is 0 Å². The van der Waals surface area contributed by atoms with Crippen molar-refractivity contribution in [3.63, 3.8) is 0 Å². The van der Waals surface area contributed by atoms with Gasteiger partial charge in [-0.15, -0.1) is 0 Å². The summed E-state index contributed by atoms with van der Waals surface area (Å²) in [4.78, 5) is -0.293. The van der Waals surface area contributed by atoms with Gasteiger partial charge in [0, 0.05) is 0 Å². The minimum absolute atomic E-state index is 0.293. The van der Waals surface area contributed by atoms with Gasteiger partial charge in [0.2, 0.25) is 0 Å². The van der Waals surface area contributed by atoms with Crippen LogP contribution in [0.5, 0.6) is 0 Å². The molecule has 1 aromatic rings. The Kier molecular flexibility index (Phi) is 22.5. The highest BCUT2D eigenvalue weighted by molar-refractivity contribution is 7.91. The topological polar surface area (TPSA) is 568 Å². The minimum Gasteiger partial charge on any atom is -0.394 e. The van der Waals surface area contributed by atoms with E-state index in [1.54, 1.807) is 6.92 Å². The third-order valence-corrected chi connectivity index (χ3v) is 18.1. The van der Waals surface area contributed by atoms with Gasteiger partial charge in [0.05, 0.1) is 50.3 Å². The number of aliphatic hydroxyl groups is 20. The second-order valence-electron chi connectivity index (χ2n) is 22.1. The number of hydrogen-bond donors (Lipinski definition) is 20. The van der Waals surface area contributed by atoms with E-state index in [0.717, 1.165) is 0 Å². The average molecular weight is 1270 g/mol. The van der Waals surface area contributed by atoms with E-state index in [1.165, 1.54) is 24.3 Å². The maximum atomic E-state index is 14.1. The standard InChI is InChI=1S/C49H76O36S/c1-13-2-4-14(5-3-13)86(70,71)12-21-42-28(62)35(69)49(78-21)84-41-20(11-55)76-47(33(67)26(41)60)82-39-18(9-53)74-45(31(65)24(39)58)80-37-16(7-51)72-43(29(63)22(37)56)79-36-15(6-50)73-44(30(64)23(36)57)81-38-17(8-52)75-46(32(66)25(38)59)83-40-19(10-54)77-48(85-42)34(68)27(40)61/h2-5,15-69H,6-12H2,1H3/t15-,16-,17-,18-,19-,20-,21-,22-,23+,24-,25+,26-,27+,28-,29-,30+,31-,32+,33-,34-,35-,36-,37-,38-,39-,40-,41-,42-,43-,44-,45-,46-,47-,48-,49-/m1/s1. The molecule has 494 valence electrons. The molecule has 0 spiro atoms. The molecule has 0 amide bonds. The summed E-state index contributed by atoms with van der Waals surface area (Å²) in [6.07, 6.45) is -72.9. The van der Waals surface area contributed by atoms with E-state index in [4.69, 9.17) is 66.3 Å². The summed E-state index contributed by atoms with van der Waals surface area (Å²) < 4.78 is 109. The number of benzene rings is 1. The maximum absolute atomic E-state index is 14.1. The fraction of sp³-hybridized carbons (Fsp3) is 0.878. The van der Waals surface area contributed by atoms with Crippen LogP contribution in [0.4, 0.5) is 0 Å². The van der Waals surface area contributed by atoms with Crippen molar-refractivity contribution in [1.82, 2.24) is 0 Å². The second-order valence-corrected chi connectivity index (χ2v) is 24.1. The first-order valence-corrected chi connectivity index (χ1v) is 29.1. The second kappa shape index (κ2) is 28.4. The minimum atomic E-state index is -4.52. The summed E-state index contributed by atoms with van der Waals surface area (Å²) >= 11 is 0. The van der Waals surface area contributed by atoms with Gasteiger partial charge in [-0.25, -0.2) is 8.42 Å². The van der Waals surface area contributed by atoms with Gasteiger partial charge in [0.1, 0.15) is 171 Å². The zero-order chi connectivity index (χ0) is 62.5. The number of rotatable bonds is 9. The molecule has 21 fully saturated rings. The van der Waals surface area contributed by atoms with Crippen LogP contribution in [0.25, 0.3) is 0 Å². The van der Waals surface area contributed by atoms with E-state index in [1.807, 2.05) is 0 Å². The number of aryl methyl sites for hydroxylation is 1. The van der Waals surface area contributed by atoms with Crippen LogP contribution in [0.2, 0.25) is 0 Å². The van der Waals surface area contributed by atoms with Crippen molar-refractivity contribution in [2.75, 3.05) is 45.4 Å². The third-order valence-electron chi connectivity index (χ3n) is 16.4. The molecule has 0 aromatic heterocycles. The molecular formula is C49H76O36S. The van der Waals surface area contributed by atoms with Gasteiger partial charge in [0.15, 0.2) is 53.9 Å². The number of sulfone groups is 1. The fourth-order valence-electron chi connectivity index (χ4n) is 11.5. The van der Waals surface area contributed by atoms with Crippen molar-refractivity contribution in [2.45, 2.75) is 227 Å². The van der Waals surface area contributed by atoms with Gasteiger partial charge in [-0.2, -0.15) is 0 Å². The molecule has 0 saturated carbocycles. The zero-order valence-corrected chi connectivity index (χ0v) is 46.2.